The molecule has 7 nitrogen and oxygen atoms in total. The smallest absolute Gasteiger partial charge is 0.309 e. The Bertz CT molecular complexity index is 694. The third-order valence-electron chi connectivity index (χ3n) is 4.27. The second-order valence-electron chi connectivity index (χ2n) is 6.23. The maximum atomic E-state index is 11.8. The van der Waals surface area contributed by atoms with Crippen LogP contribution in [0.3, 0.4) is 0 Å². The summed E-state index contributed by atoms with van der Waals surface area (Å²) in [6.45, 7) is 0.105. The molecule has 0 aliphatic heterocycles. The highest BCUT2D eigenvalue weighted by molar-refractivity contribution is 7.89. The lowest BCUT2D eigenvalue weighted by Crippen LogP contribution is -2.32. The number of benzene rings is 1. The number of esters is 1. The predicted octanol–water partition coefficient (Wildman–Crippen LogP) is 1.12. The van der Waals surface area contributed by atoms with Crippen molar-refractivity contribution < 1.29 is 22.7 Å². The molecule has 0 spiro atoms. The molecule has 1 saturated carbocycles. The maximum absolute atomic E-state index is 11.8. The van der Waals surface area contributed by atoms with E-state index in [4.69, 9.17) is 9.88 Å². The first-order chi connectivity index (χ1) is 11.9. The molecule has 0 aromatic heterocycles. The van der Waals surface area contributed by atoms with Crippen molar-refractivity contribution in [2.45, 2.75) is 43.4 Å². The number of sulfonamides is 1. The fraction of sp³-hybridized carbons (Fsp3) is 0.529. The van der Waals surface area contributed by atoms with E-state index in [0.717, 1.165) is 37.7 Å². The van der Waals surface area contributed by atoms with Crippen LogP contribution >= 0.6 is 0 Å². The lowest BCUT2D eigenvalue weighted by Gasteiger charge is -2.19. The molecule has 1 aromatic carbocycles. The molecule has 0 radical (unpaired) electrons. The Kier molecular flexibility index (Phi) is 6.95. The van der Waals surface area contributed by atoms with Crippen LogP contribution in [0, 0.1) is 5.92 Å². The van der Waals surface area contributed by atoms with Gasteiger partial charge in [-0.2, -0.15) is 0 Å². The molecule has 0 heterocycles. The Labute approximate surface area is 148 Å². The minimum Gasteiger partial charge on any atom is -0.455 e. The molecule has 2 rings (SSSR count). The fourth-order valence-corrected chi connectivity index (χ4v) is 3.35. The van der Waals surface area contributed by atoms with Gasteiger partial charge in [0, 0.05) is 6.54 Å². The van der Waals surface area contributed by atoms with E-state index in [2.05, 4.69) is 5.32 Å². The van der Waals surface area contributed by atoms with Crippen molar-refractivity contribution in [1.82, 2.24) is 5.32 Å². The molecular formula is C17H24N2O5S. The molecule has 0 saturated heterocycles. The van der Waals surface area contributed by atoms with Gasteiger partial charge in [-0.3, -0.25) is 9.59 Å². The number of nitrogens with one attached hydrogen (secondary N) is 1. The summed E-state index contributed by atoms with van der Waals surface area (Å²) in [5, 5.41) is 7.71. The van der Waals surface area contributed by atoms with Gasteiger partial charge in [0.15, 0.2) is 6.61 Å². The molecule has 1 aromatic rings. The molecule has 1 amide bonds. The molecule has 25 heavy (non-hydrogen) atoms. The van der Waals surface area contributed by atoms with E-state index >= 15 is 0 Å². The van der Waals surface area contributed by atoms with Crippen molar-refractivity contribution in [3.05, 3.63) is 29.8 Å². The standard InChI is InChI=1S/C17H24N2O5S/c18-25(22,23)15-8-6-13(7-9-15)10-11-19-16(20)12-24-17(21)14-4-2-1-3-5-14/h6-9,14H,1-5,10-12H2,(H,19,20)(H2,18,22,23). The molecule has 1 fully saturated rings. The predicted molar refractivity (Wildman–Crippen MR) is 92.1 cm³/mol. The largest absolute Gasteiger partial charge is 0.455 e. The van der Waals surface area contributed by atoms with Crippen LogP contribution in [0.25, 0.3) is 0 Å². The zero-order valence-corrected chi connectivity index (χ0v) is 14.9. The summed E-state index contributed by atoms with van der Waals surface area (Å²) < 4.78 is 27.4. The zero-order valence-electron chi connectivity index (χ0n) is 14.1. The van der Waals surface area contributed by atoms with Gasteiger partial charge in [0.1, 0.15) is 0 Å². The highest BCUT2D eigenvalue weighted by atomic mass is 32.2. The summed E-state index contributed by atoms with van der Waals surface area (Å²) in [5.74, 6) is -0.697. The van der Waals surface area contributed by atoms with Crippen LogP contribution in [0.15, 0.2) is 29.2 Å². The molecule has 0 bridgehead atoms. The average Bonchev–Trinajstić information content (AvgIpc) is 2.60. The Hall–Kier alpha value is -1.93. The van der Waals surface area contributed by atoms with Crippen molar-refractivity contribution in [2.75, 3.05) is 13.2 Å². The minimum atomic E-state index is -3.70. The number of ether oxygens (including phenoxy) is 1. The van der Waals surface area contributed by atoms with Gasteiger partial charge in [0.25, 0.3) is 5.91 Å². The summed E-state index contributed by atoms with van der Waals surface area (Å²) in [5.41, 5.74) is 0.868. The van der Waals surface area contributed by atoms with E-state index in [9.17, 15) is 18.0 Å². The number of hydrogen-bond acceptors (Lipinski definition) is 5. The third-order valence-corrected chi connectivity index (χ3v) is 5.20. The topological polar surface area (TPSA) is 116 Å². The Morgan fingerprint density at radius 2 is 1.76 bits per heavy atom. The van der Waals surface area contributed by atoms with E-state index in [1.807, 2.05) is 0 Å². The van der Waals surface area contributed by atoms with Crippen LogP contribution in [0.4, 0.5) is 0 Å². The molecule has 1 aliphatic rings. The third kappa shape index (κ3) is 6.47. The highest BCUT2D eigenvalue weighted by Gasteiger charge is 2.22. The number of hydrogen-bond donors (Lipinski definition) is 2. The molecule has 8 heteroatoms. The van der Waals surface area contributed by atoms with Crippen LogP contribution in [-0.4, -0.2) is 33.4 Å². The minimum absolute atomic E-state index is 0.0508. The lowest BCUT2D eigenvalue weighted by molar-refractivity contribution is -0.153. The van der Waals surface area contributed by atoms with Crippen LogP contribution in [0.2, 0.25) is 0 Å². The van der Waals surface area contributed by atoms with Gasteiger partial charge in [-0.1, -0.05) is 31.4 Å². The lowest BCUT2D eigenvalue weighted by atomic mass is 9.89. The molecule has 3 N–H and O–H groups in total. The quantitative estimate of drug-likeness (QED) is 0.700. The number of primary sulfonamides is 1. The number of nitrogens with two attached hydrogens (primary N) is 1. The Morgan fingerprint density at radius 1 is 1.12 bits per heavy atom. The van der Waals surface area contributed by atoms with Gasteiger partial charge in [-0.05, 0) is 37.0 Å². The summed E-state index contributed by atoms with van der Waals surface area (Å²) in [7, 11) is -3.70. The van der Waals surface area contributed by atoms with Gasteiger partial charge < -0.3 is 10.1 Å². The second kappa shape index (κ2) is 8.96. The van der Waals surface area contributed by atoms with Gasteiger partial charge >= 0.3 is 5.97 Å². The zero-order chi connectivity index (χ0) is 18.3. The summed E-state index contributed by atoms with van der Waals surface area (Å²) >= 11 is 0. The van der Waals surface area contributed by atoms with Crippen LogP contribution in [0.1, 0.15) is 37.7 Å². The second-order valence-corrected chi connectivity index (χ2v) is 7.79. The summed E-state index contributed by atoms with van der Waals surface area (Å²) in [4.78, 5) is 23.6. The molecule has 0 unspecified atom stereocenters. The van der Waals surface area contributed by atoms with E-state index in [0.29, 0.717) is 13.0 Å². The van der Waals surface area contributed by atoms with Crippen molar-refractivity contribution in [3.63, 3.8) is 0 Å². The number of rotatable bonds is 7. The van der Waals surface area contributed by atoms with Gasteiger partial charge in [0.2, 0.25) is 10.0 Å². The van der Waals surface area contributed by atoms with Crippen molar-refractivity contribution in [2.24, 2.45) is 11.1 Å². The molecular weight excluding hydrogens is 344 g/mol. The van der Waals surface area contributed by atoms with Crippen LogP contribution in [-0.2, 0) is 30.8 Å². The maximum Gasteiger partial charge on any atom is 0.309 e. The van der Waals surface area contributed by atoms with E-state index < -0.39 is 10.0 Å². The monoisotopic (exact) mass is 368 g/mol. The first-order valence-electron chi connectivity index (χ1n) is 8.41. The van der Waals surface area contributed by atoms with Gasteiger partial charge in [-0.25, -0.2) is 13.6 Å². The number of carbonyl (C=O) groups is 2. The normalized spacial score (nSPS) is 15.6. The van der Waals surface area contributed by atoms with Crippen LogP contribution < -0.4 is 10.5 Å². The number of amides is 1. The van der Waals surface area contributed by atoms with E-state index in [-0.39, 0.29) is 29.3 Å². The van der Waals surface area contributed by atoms with Gasteiger partial charge in [-0.15, -0.1) is 0 Å². The summed E-state index contributed by atoms with van der Waals surface area (Å²) in [6.07, 6.45) is 5.45. The molecule has 1 aliphatic carbocycles. The molecule has 0 atom stereocenters. The summed E-state index contributed by atoms with van der Waals surface area (Å²) in [6, 6.07) is 6.15. The van der Waals surface area contributed by atoms with E-state index in [1.165, 1.54) is 12.1 Å². The first-order valence-corrected chi connectivity index (χ1v) is 9.96. The van der Waals surface area contributed by atoms with Crippen molar-refractivity contribution >= 4 is 21.9 Å². The highest BCUT2D eigenvalue weighted by Crippen LogP contribution is 2.24. The Balaban J connectivity index is 1.67. The van der Waals surface area contributed by atoms with Crippen molar-refractivity contribution in [1.29, 1.82) is 0 Å². The van der Waals surface area contributed by atoms with Crippen LogP contribution in [0.5, 0.6) is 0 Å². The number of carbonyl (C=O) groups excluding carboxylic acids is 2. The van der Waals surface area contributed by atoms with E-state index in [1.54, 1.807) is 12.1 Å². The average molecular weight is 368 g/mol. The first kappa shape index (κ1) is 19.4. The molecule has 138 valence electrons. The van der Waals surface area contributed by atoms with Gasteiger partial charge in [0.05, 0.1) is 10.8 Å². The SMILES string of the molecule is NS(=O)(=O)c1ccc(CCNC(=O)COC(=O)C2CCCCC2)cc1. The fourth-order valence-electron chi connectivity index (χ4n) is 2.84. The van der Waals surface area contributed by atoms with Crippen molar-refractivity contribution in [3.8, 4) is 0 Å². The Morgan fingerprint density at radius 3 is 2.36 bits per heavy atom.